The van der Waals surface area contributed by atoms with Gasteiger partial charge in [-0.3, -0.25) is 4.79 Å². The average molecular weight is 297 g/mol. The van der Waals surface area contributed by atoms with Crippen molar-refractivity contribution in [2.75, 3.05) is 25.4 Å². The summed E-state index contributed by atoms with van der Waals surface area (Å²) in [6.45, 7) is 6.61. The van der Waals surface area contributed by atoms with Gasteiger partial charge in [-0.2, -0.15) is 11.8 Å². The van der Waals surface area contributed by atoms with E-state index in [0.717, 1.165) is 31.7 Å². The zero-order valence-corrected chi connectivity index (χ0v) is 13.0. The van der Waals surface area contributed by atoms with Crippen molar-refractivity contribution >= 4 is 23.7 Å². The van der Waals surface area contributed by atoms with Gasteiger partial charge in [0.05, 0.1) is 6.04 Å². The molecule has 2 saturated heterocycles. The molecule has 3 fully saturated rings. The highest BCUT2D eigenvalue weighted by Crippen LogP contribution is 2.31. The summed E-state index contributed by atoms with van der Waals surface area (Å²) in [5, 5.41) is 3.04. The minimum Gasteiger partial charge on any atom is -0.338 e. The van der Waals surface area contributed by atoms with E-state index in [2.05, 4.69) is 19.2 Å². The Morgan fingerprint density at radius 2 is 2.15 bits per heavy atom. The Morgan fingerprint density at radius 3 is 2.80 bits per heavy atom. The van der Waals surface area contributed by atoms with Crippen LogP contribution in [-0.4, -0.2) is 64.0 Å². The molecule has 1 atom stereocenters. The van der Waals surface area contributed by atoms with Crippen molar-refractivity contribution in [1.82, 2.24) is 15.1 Å². The van der Waals surface area contributed by atoms with E-state index in [1.54, 1.807) is 0 Å². The lowest BCUT2D eigenvalue weighted by atomic mass is 10.2. The number of carbonyl (C=O) groups excluding carboxylic acids is 2. The number of likely N-dealkylation sites (tertiary alicyclic amines) is 1. The highest BCUT2D eigenvalue weighted by molar-refractivity contribution is 8.00. The van der Waals surface area contributed by atoms with Gasteiger partial charge in [0.2, 0.25) is 5.91 Å². The molecule has 3 aliphatic rings. The molecule has 1 N–H and O–H groups in total. The molecule has 20 heavy (non-hydrogen) atoms. The van der Waals surface area contributed by atoms with Crippen LogP contribution < -0.4 is 5.32 Å². The molecule has 0 aromatic heterocycles. The molecular formula is C14H23N3O2S. The van der Waals surface area contributed by atoms with Gasteiger partial charge >= 0.3 is 6.03 Å². The highest BCUT2D eigenvalue weighted by Gasteiger charge is 2.40. The normalized spacial score (nSPS) is 29.7. The predicted octanol–water partition coefficient (Wildman–Crippen LogP) is 1.29. The van der Waals surface area contributed by atoms with Crippen LogP contribution in [0.15, 0.2) is 0 Å². The van der Waals surface area contributed by atoms with E-state index in [9.17, 15) is 9.59 Å². The van der Waals surface area contributed by atoms with Gasteiger partial charge in [-0.25, -0.2) is 4.79 Å². The van der Waals surface area contributed by atoms with Crippen LogP contribution in [0, 0.1) is 0 Å². The van der Waals surface area contributed by atoms with Crippen LogP contribution in [0.5, 0.6) is 0 Å². The molecule has 1 unspecified atom stereocenters. The van der Waals surface area contributed by atoms with Crippen molar-refractivity contribution in [3.63, 3.8) is 0 Å². The summed E-state index contributed by atoms with van der Waals surface area (Å²) in [6, 6.07) is 0.442. The van der Waals surface area contributed by atoms with Gasteiger partial charge < -0.3 is 15.1 Å². The number of amides is 3. The smallest absolute Gasteiger partial charge is 0.317 e. The van der Waals surface area contributed by atoms with Crippen molar-refractivity contribution < 1.29 is 9.59 Å². The van der Waals surface area contributed by atoms with E-state index >= 15 is 0 Å². The standard InChI is InChI=1S/C14H23N3O2S/c1-14(2)9-16(5-6-20-14)13(19)15-10-7-12(18)17(8-10)11-3-4-11/h10-11H,3-9H2,1-2H3,(H,15,19). The molecule has 3 amide bonds. The lowest BCUT2D eigenvalue weighted by Gasteiger charge is -2.37. The Hall–Kier alpha value is -0.910. The zero-order valence-electron chi connectivity index (χ0n) is 12.2. The monoisotopic (exact) mass is 297 g/mol. The lowest BCUT2D eigenvalue weighted by Crippen LogP contribution is -2.52. The maximum Gasteiger partial charge on any atom is 0.317 e. The Bertz CT molecular complexity index is 423. The van der Waals surface area contributed by atoms with Gasteiger partial charge in [0.15, 0.2) is 0 Å². The number of urea groups is 1. The Kier molecular flexibility index (Phi) is 3.60. The number of rotatable bonds is 2. The summed E-state index contributed by atoms with van der Waals surface area (Å²) in [4.78, 5) is 28.0. The van der Waals surface area contributed by atoms with Gasteiger partial charge in [-0.1, -0.05) is 0 Å². The Labute approximate surface area is 124 Å². The Morgan fingerprint density at radius 1 is 1.40 bits per heavy atom. The van der Waals surface area contributed by atoms with Crippen LogP contribution in [-0.2, 0) is 4.79 Å². The van der Waals surface area contributed by atoms with Crippen molar-refractivity contribution in [2.45, 2.75) is 49.9 Å². The molecule has 5 nitrogen and oxygen atoms in total. The fourth-order valence-corrected chi connectivity index (χ4v) is 4.13. The molecule has 1 saturated carbocycles. The maximum atomic E-state index is 12.3. The minimum absolute atomic E-state index is 0.00572. The van der Waals surface area contributed by atoms with Gasteiger partial charge in [0, 0.05) is 42.6 Å². The molecule has 3 rings (SSSR count). The lowest BCUT2D eigenvalue weighted by molar-refractivity contribution is -0.128. The van der Waals surface area contributed by atoms with E-state index in [1.165, 1.54) is 0 Å². The fourth-order valence-electron chi connectivity index (χ4n) is 3.02. The summed E-state index contributed by atoms with van der Waals surface area (Å²) in [5.74, 6) is 1.19. The third-order valence-corrected chi connectivity index (χ3v) is 5.48. The van der Waals surface area contributed by atoms with Crippen LogP contribution in [0.1, 0.15) is 33.1 Å². The molecule has 0 aromatic carbocycles. The predicted molar refractivity (Wildman–Crippen MR) is 79.8 cm³/mol. The molecule has 0 radical (unpaired) electrons. The second-order valence-corrected chi connectivity index (χ2v) is 8.46. The highest BCUT2D eigenvalue weighted by atomic mass is 32.2. The third-order valence-electron chi connectivity index (χ3n) is 4.19. The quantitative estimate of drug-likeness (QED) is 0.835. The molecule has 0 aromatic rings. The number of carbonyl (C=O) groups is 2. The molecular weight excluding hydrogens is 274 g/mol. The molecule has 2 aliphatic heterocycles. The maximum absolute atomic E-state index is 12.3. The number of nitrogens with zero attached hydrogens (tertiary/aromatic N) is 2. The molecule has 0 spiro atoms. The van der Waals surface area contributed by atoms with Crippen LogP contribution in [0.25, 0.3) is 0 Å². The van der Waals surface area contributed by atoms with Gasteiger partial charge in [-0.15, -0.1) is 0 Å². The van der Waals surface area contributed by atoms with Crippen LogP contribution >= 0.6 is 11.8 Å². The van der Waals surface area contributed by atoms with Crippen LogP contribution in [0.4, 0.5) is 4.79 Å². The van der Waals surface area contributed by atoms with E-state index in [4.69, 9.17) is 0 Å². The fraction of sp³-hybridized carbons (Fsp3) is 0.857. The summed E-state index contributed by atoms with van der Waals surface area (Å²) < 4.78 is 0.126. The Balaban J connectivity index is 1.53. The average Bonchev–Trinajstić information content (AvgIpc) is 3.13. The number of nitrogens with one attached hydrogen (secondary N) is 1. The van der Waals surface area contributed by atoms with Crippen LogP contribution in [0.3, 0.4) is 0 Å². The molecule has 0 bridgehead atoms. The van der Waals surface area contributed by atoms with E-state index < -0.39 is 0 Å². The van der Waals surface area contributed by atoms with E-state index in [0.29, 0.717) is 19.0 Å². The number of thioether (sulfide) groups is 1. The van der Waals surface area contributed by atoms with Crippen molar-refractivity contribution in [3.8, 4) is 0 Å². The first-order valence-corrected chi connectivity index (χ1v) is 8.42. The van der Waals surface area contributed by atoms with Gasteiger partial charge in [-0.05, 0) is 26.7 Å². The number of hydrogen-bond acceptors (Lipinski definition) is 3. The molecule has 112 valence electrons. The third kappa shape index (κ3) is 3.05. The second kappa shape index (κ2) is 5.13. The minimum atomic E-state index is -0.00621. The zero-order chi connectivity index (χ0) is 14.3. The van der Waals surface area contributed by atoms with E-state index in [-0.39, 0.29) is 22.7 Å². The first-order valence-electron chi connectivity index (χ1n) is 7.43. The SMILES string of the molecule is CC1(C)CN(C(=O)NC2CC(=O)N(C3CC3)C2)CCS1. The number of hydrogen-bond donors (Lipinski definition) is 1. The van der Waals surface area contributed by atoms with Crippen molar-refractivity contribution in [3.05, 3.63) is 0 Å². The summed E-state index contributed by atoms with van der Waals surface area (Å²) in [5.41, 5.74) is 0. The van der Waals surface area contributed by atoms with Gasteiger partial charge in [0.1, 0.15) is 0 Å². The van der Waals surface area contributed by atoms with Gasteiger partial charge in [0.25, 0.3) is 0 Å². The molecule has 6 heteroatoms. The van der Waals surface area contributed by atoms with E-state index in [1.807, 2.05) is 21.6 Å². The molecule has 2 heterocycles. The van der Waals surface area contributed by atoms with Crippen molar-refractivity contribution in [2.24, 2.45) is 0 Å². The van der Waals surface area contributed by atoms with Crippen LogP contribution in [0.2, 0.25) is 0 Å². The summed E-state index contributed by atoms with van der Waals surface area (Å²) in [7, 11) is 0. The summed E-state index contributed by atoms with van der Waals surface area (Å²) >= 11 is 1.91. The largest absolute Gasteiger partial charge is 0.338 e. The second-order valence-electron chi connectivity index (χ2n) is 6.66. The molecule has 1 aliphatic carbocycles. The topological polar surface area (TPSA) is 52.7 Å². The first kappa shape index (κ1) is 14.0. The van der Waals surface area contributed by atoms with Crippen molar-refractivity contribution in [1.29, 1.82) is 0 Å². The first-order chi connectivity index (χ1) is 9.44. The summed E-state index contributed by atoms with van der Waals surface area (Å²) in [6.07, 6.45) is 2.72.